The highest BCUT2D eigenvalue weighted by Gasteiger charge is 2.10. The molecule has 0 bridgehead atoms. The Morgan fingerprint density at radius 1 is 1.24 bits per heavy atom. The van der Waals surface area contributed by atoms with Crippen LogP contribution < -0.4 is 0 Å². The normalized spacial score (nSPS) is 9.88. The van der Waals surface area contributed by atoms with Crippen LogP contribution in [0.4, 0.5) is 0 Å². The smallest absolute Gasteiger partial charge is 0.336 e. The van der Waals surface area contributed by atoms with Crippen molar-refractivity contribution in [3.8, 4) is 11.3 Å². The molecule has 17 heavy (non-hydrogen) atoms. The largest absolute Gasteiger partial charge is 0.478 e. The Kier molecular flexibility index (Phi) is 2.96. The summed E-state index contributed by atoms with van der Waals surface area (Å²) in [4.78, 5) is 25.8. The number of carbonyl (C=O) groups is 2. The van der Waals surface area contributed by atoms with E-state index in [0.717, 1.165) is 5.56 Å². The molecule has 0 aliphatic rings. The number of carboxylic acids is 1. The van der Waals surface area contributed by atoms with E-state index in [2.05, 4.69) is 4.98 Å². The number of hydrogen-bond donors (Lipinski definition) is 1. The monoisotopic (exact) mass is 227 g/mol. The van der Waals surface area contributed by atoms with E-state index in [1.807, 2.05) is 6.07 Å². The van der Waals surface area contributed by atoms with Gasteiger partial charge in [-0.25, -0.2) is 4.79 Å². The third-order valence-electron chi connectivity index (χ3n) is 2.37. The minimum Gasteiger partial charge on any atom is -0.478 e. The molecule has 0 saturated heterocycles. The molecule has 4 heteroatoms. The molecule has 0 radical (unpaired) electrons. The fraction of sp³-hybridized carbons (Fsp3) is 0. The average Bonchev–Trinajstić information content (AvgIpc) is 2.39. The van der Waals surface area contributed by atoms with E-state index < -0.39 is 5.97 Å². The third-order valence-corrected chi connectivity index (χ3v) is 2.37. The number of benzene rings is 1. The Balaban J connectivity index is 2.53. The number of aromatic nitrogens is 1. The first kappa shape index (κ1) is 11.0. The Hall–Kier alpha value is -2.49. The maximum atomic E-state index is 10.9. The zero-order chi connectivity index (χ0) is 12.3. The molecule has 2 rings (SSSR count). The molecule has 0 aliphatic carbocycles. The lowest BCUT2D eigenvalue weighted by Crippen LogP contribution is -2.01. The Bertz CT molecular complexity index is 564. The van der Waals surface area contributed by atoms with Gasteiger partial charge >= 0.3 is 5.97 Å². The summed E-state index contributed by atoms with van der Waals surface area (Å²) in [5.74, 6) is -1.11. The predicted octanol–water partition coefficient (Wildman–Crippen LogP) is 2.26. The molecule has 0 unspecified atom stereocenters. The number of aldehydes is 1. The number of aromatic carboxylic acids is 1. The molecule has 84 valence electrons. The average molecular weight is 227 g/mol. The molecule has 0 atom stereocenters. The second-order valence-electron chi connectivity index (χ2n) is 3.44. The number of rotatable bonds is 3. The molecule has 2 aromatic rings. The molecular formula is C13H9NO3. The van der Waals surface area contributed by atoms with Crippen molar-refractivity contribution in [2.45, 2.75) is 0 Å². The van der Waals surface area contributed by atoms with Crippen LogP contribution in [-0.2, 0) is 0 Å². The molecule has 0 aliphatic heterocycles. The van der Waals surface area contributed by atoms with Crippen molar-refractivity contribution in [2.75, 3.05) is 0 Å². The molecule has 1 aromatic carbocycles. The van der Waals surface area contributed by atoms with Gasteiger partial charge in [-0.3, -0.25) is 9.78 Å². The standard InChI is InChI=1S/C13H9NO3/c15-8-10-7-9(4-5-11(10)13(16)17)12-3-1-2-6-14-12/h1-8H,(H,16,17). The van der Waals surface area contributed by atoms with Gasteiger partial charge in [0.2, 0.25) is 0 Å². The topological polar surface area (TPSA) is 67.3 Å². The molecule has 0 spiro atoms. The molecule has 4 nitrogen and oxygen atoms in total. The second kappa shape index (κ2) is 4.57. The van der Waals surface area contributed by atoms with Crippen molar-refractivity contribution >= 4 is 12.3 Å². The molecule has 0 saturated carbocycles. The second-order valence-corrected chi connectivity index (χ2v) is 3.44. The van der Waals surface area contributed by atoms with Crippen LogP contribution in [-0.4, -0.2) is 22.3 Å². The van der Waals surface area contributed by atoms with Crippen LogP contribution in [0.5, 0.6) is 0 Å². The molecule has 1 heterocycles. The summed E-state index contributed by atoms with van der Waals surface area (Å²) in [6, 6.07) is 9.99. The van der Waals surface area contributed by atoms with Crippen LogP contribution in [0.3, 0.4) is 0 Å². The van der Waals surface area contributed by atoms with E-state index in [1.165, 1.54) is 12.1 Å². The first-order chi connectivity index (χ1) is 8.22. The third kappa shape index (κ3) is 2.20. The van der Waals surface area contributed by atoms with Gasteiger partial charge in [-0.1, -0.05) is 12.1 Å². The van der Waals surface area contributed by atoms with Crippen LogP contribution in [0.2, 0.25) is 0 Å². The fourth-order valence-corrected chi connectivity index (χ4v) is 1.55. The summed E-state index contributed by atoms with van der Waals surface area (Å²) >= 11 is 0. The van der Waals surface area contributed by atoms with Crippen molar-refractivity contribution in [3.05, 3.63) is 53.7 Å². The summed E-state index contributed by atoms with van der Waals surface area (Å²) in [6.45, 7) is 0. The highest BCUT2D eigenvalue weighted by molar-refractivity contribution is 5.98. The number of pyridine rings is 1. The lowest BCUT2D eigenvalue weighted by atomic mass is 10.0. The Morgan fingerprint density at radius 3 is 2.65 bits per heavy atom. The number of nitrogens with zero attached hydrogens (tertiary/aromatic N) is 1. The van der Waals surface area contributed by atoms with E-state index in [0.29, 0.717) is 12.0 Å². The summed E-state index contributed by atoms with van der Waals surface area (Å²) in [7, 11) is 0. The minimum atomic E-state index is -1.11. The zero-order valence-corrected chi connectivity index (χ0v) is 8.83. The summed E-state index contributed by atoms with van der Waals surface area (Å²) in [5.41, 5.74) is 1.57. The van der Waals surface area contributed by atoms with Crippen LogP contribution in [0.15, 0.2) is 42.6 Å². The lowest BCUT2D eigenvalue weighted by Gasteiger charge is -2.03. The van der Waals surface area contributed by atoms with Crippen molar-refractivity contribution in [1.82, 2.24) is 4.98 Å². The highest BCUT2D eigenvalue weighted by atomic mass is 16.4. The lowest BCUT2D eigenvalue weighted by molar-refractivity contribution is 0.0694. The van der Waals surface area contributed by atoms with Crippen LogP contribution in [0.1, 0.15) is 20.7 Å². The van der Waals surface area contributed by atoms with Gasteiger partial charge in [-0.15, -0.1) is 0 Å². The Morgan fingerprint density at radius 2 is 2.06 bits per heavy atom. The summed E-state index contributed by atoms with van der Waals surface area (Å²) in [6.07, 6.45) is 2.18. The van der Waals surface area contributed by atoms with Gasteiger partial charge in [0.1, 0.15) is 0 Å². The van der Waals surface area contributed by atoms with Gasteiger partial charge in [0, 0.05) is 17.3 Å². The van der Waals surface area contributed by atoms with Gasteiger partial charge < -0.3 is 5.11 Å². The maximum absolute atomic E-state index is 10.9. The van der Waals surface area contributed by atoms with Crippen LogP contribution >= 0.6 is 0 Å². The first-order valence-corrected chi connectivity index (χ1v) is 4.96. The molecule has 1 aromatic heterocycles. The quantitative estimate of drug-likeness (QED) is 0.816. The van der Waals surface area contributed by atoms with Crippen molar-refractivity contribution < 1.29 is 14.7 Å². The number of carbonyl (C=O) groups excluding carboxylic acids is 1. The van der Waals surface area contributed by atoms with E-state index >= 15 is 0 Å². The van der Waals surface area contributed by atoms with Crippen LogP contribution in [0, 0.1) is 0 Å². The van der Waals surface area contributed by atoms with Gasteiger partial charge in [0.25, 0.3) is 0 Å². The number of carboxylic acid groups (broad SMARTS) is 1. The number of hydrogen-bond acceptors (Lipinski definition) is 3. The predicted molar refractivity (Wildman–Crippen MR) is 62.0 cm³/mol. The first-order valence-electron chi connectivity index (χ1n) is 4.96. The molecular weight excluding hydrogens is 218 g/mol. The van der Waals surface area contributed by atoms with Gasteiger partial charge in [-0.05, 0) is 24.3 Å². The van der Waals surface area contributed by atoms with Gasteiger partial charge in [-0.2, -0.15) is 0 Å². The van der Waals surface area contributed by atoms with Crippen molar-refractivity contribution in [1.29, 1.82) is 0 Å². The van der Waals surface area contributed by atoms with E-state index in [9.17, 15) is 9.59 Å². The molecule has 0 amide bonds. The summed E-state index contributed by atoms with van der Waals surface area (Å²) < 4.78 is 0. The van der Waals surface area contributed by atoms with Gasteiger partial charge in [0.05, 0.1) is 11.3 Å². The van der Waals surface area contributed by atoms with Crippen molar-refractivity contribution in [2.24, 2.45) is 0 Å². The summed E-state index contributed by atoms with van der Waals surface area (Å²) in [5, 5.41) is 8.88. The fourth-order valence-electron chi connectivity index (χ4n) is 1.55. The van der Waals surface area contributed by atoms with E-state index in [1.54, 1.807) is 24.4 Å². The van der Waals surface area contributed by atoms with E-state index in [-0.39, 0.29) is 11.1 Å². The minimum absolute atomic E-state index is 0.000295. The van der Waals surface area contributed by atoms with Gasteiger partial charge in [0.15, 0.2) is 6.29 Å². The maximum Gasteiger partial charge on any atom is 0.336 e. The highest BCUT2D eigenvalue weighted by Crippen LogP contribution is 2.19. The SMILES string of the molecule is O=Cc1cc(-c2ccccn2)ccc1C(=O)O. The van der Waals surface area contributed by atoms with Crippen molar-refractivity contribution in [3.63, 3.8) is 0 Å². The van der Waals surface area contributed by atoms with E-state index in [4.69, 9.17) is 5.11 Å². The van der Waals surface area contributed by atoms with Crippen LogP contribution in [0.25, 0.3) is 11.3 Å². The molecule has 0 fully saturated rings. The molecule has 1 N–H and O–H groups in total. The Labute approximate surface area is 97.6 Å². The zero-order valence-electron chi connectivity index (χ0n) is 8.83.